The molecule has 1 unspecified atom stereocenters. The molecule has 3 rings (SSSR count). The third-order valence-corrected chi connectivity index (χ3v) is 3.98. The fourth-order valence-corrected chi connectivity index (χ4v) is 2.92. The van der Waals surface area contributed by atoms with Crippen LogP contribution in [0.2, 0.25) is 0 Å². The summed E-state index contributed by atoms with van der Waals surface area (Å²) in [5.74, 6) is 2.24. The minimum Gasteiger partial charge on any atom is -0.493 e. The highest BCUT2D eigenvalue weighted by atomic mass is 16.5. The van der Waals surface area contributed by atoms with Crippen molar-refractivity contribution in [3.05, 3.63) is 53.6 Å². The quantitative estimate of drug-likeness (QED) is 0.937. The molecular formula is C17H19NO3. The van der Waals surface area contributed by atoms with Crippen molar-refractivity contribution in [3.8, 4) is 17.2 Å². The molecule has 4 nitrogen and oxygen atoms in total. The molecule has 0 saturated carbocycles. The van der Waals surface area contributed by atoms with Gasteiger partial charge in [-0.15, -0.1) is 0 Å². The van der Waals surface area contributed by atoms with E-state index in [-0.39, 0.29) is 0 Å². The number of rotatable bonds is 4. The maximum atomic E-state index is 6.21. The molecule has 0 radical (unpaired) electrons. The number of hydrogen-bond donors (Lipinski definition) is 1. The molecule has 0 bridgehead atoms. The van der Waals surface area contributed by atoms with Gasteiger partial charge in [0.15, 0.2) is 17.1 Å². The first kappa shape index (κ1) is 13.8. The normalized spacial score (nSPS) is 19.8. The monoisotopic (exact) mass is 285 g/mol. The Morgan fingerprint density at radius 1 is 1.10 bits per heavy atom. The van der Waals surface area contributed by atoms with Gasteiger partial charge in [-0.2, -0.15) is 0 Å². The van der Waals surface area contributed by atoms with Gasteiger partial charge in [0.05, 0.1) is 14.2 Å². The van der Waals surface area contributed by atoms with Gasteiger partial charge < -0.3 is 19.9 Å². The van der Waals surface area contributed by atoms with Crippen LogP contribution in [0.5, 0.6) is 17.2 Å². The molecule has 2 N–H and O–H groups in total. The Labute approximate surface area is 124 Å². The van der Waals surface area contributed by atoms with Gasteiger partial charge in [0.1, 0.15) is 5.75 Å². The highest BCUT2D eigenvalue weighted by Gasteiger charge is 2.42. The van der Waals surface area contributed by atoms with Crippen LogP contribution in [0.25, 0.3) is 0 Å². The average molecular weight is 285 g/mol. The maximum Gasteiger partial charge on any atom is 0.167 e. The molecule has 21 heavy (non-hydrogen) atoms. The molecule has 0 fully saturated rings. The van der Waals surface area contributed by atoms with E-state index in [1.807, 2.05) is 36.4 Å². The molecule has 0 aromatic heterocycles. The van der Waals surface area contributed by atoms with E-state index in [9.17, 15) is 0 Å². The van der Waals surface area contributed by atoms with E-state index in [0.29, 0.717) is 18.0 Å². The van der Waals surface area contributed by atoms with Crippen LogP contribution in [0.4, 0.5) is 0 Å². The summed E-state index contributed by atoms with van der Waals surface area (Å²) >= 11 is 0. The fourth-order valence-electron chi connectivity index (χ4n) is 2.92. The Morgan fingerprint density at radius 2 is 1.90 bits per heavy atom. The van der Waals surface area contributed by atoms with Crippen molar-refractivity contribution in [2.45, 2.75) is 12.0 Å². The minimum absolute atomic E-state index is 0.366. The molecule has 0 aliphatic carbocycles. The van der Waals surface area contributed by atoms with Gasteiger partial charge >= 0.3 is 0 Å². The Morgan fingerprint density at radius 3 is 2.57 bits per heavy atom. The van der Waals surface area contributed by atoms with Crippen molar-refractivity contribution in [3.63, 3.8) is 0 Å². The van der Waals surface area contributed by atoms with Gasteiger partial charge in [-0.1, -0.05) is 30.3 Å². The van der Waals surface area contributed by atoms with Crippen LogP contribution < -0.4 is 19.9 Å². The van der Waals surface area contributed by atoms with Crippen molar-refractivity contribution >= 4 is 0 Å². The van der Waals surface area contributed by atoms with E-state index in [4.69, 9.17) is 19.9 Å². The average Bonchev–Trinajstić information content (AvgIpc) is 2.93. The molecule has 0 amide bonds. The van der Waals surface area contributed by atoms with Crippen molar-refractivity contribution in [1.82, 2.24) is 0 Å². The van der Waals surface area contributed by atoms with Crippen molar-refractivity contribution in [1.29, 1.82) is 0 Å². The first-order valence-electron chi connectivity index (χ1n) is 6.92. The number of fused-ring (bicyclic) bond motifs is 1. The number of ether oxygens (including phenoxy) is 3. The lowest BCUT2D eigenvalue weighted by Gasteiger charge is -2.29. The summed E-state index contributed by atoms with van der Waals surface area (Å²) in [7, 11) is 3.26. The molecule has 2 aromatic rings. The van der Waals surface area contributed by atoms with E-state index in [1.165, 1.54) is 0 Å². The second-order valence-electron chi connectivity index (χ2n) is 5.13. The van der Waals surface area contributed by atoms with Gasteiger partial charge in [-0.05, 0) is 17.7 Å². The molecule has 0 saturated heterocycles. The predicted molar refractivity (Wildman–Crippen MR) is 81.1 cm³/mol. The van der Waals surface area contributed by atoms with E-state index < -0.39 is 5.60 Å². The number of hydrogen-bond acceptors (Lipinski definition) is 4. The standard InChI is InChI=1S/C17H19NO3/c1-19-15-9-5-7-13(16(15)20-2)17(11-18)10-12-6-3-4-8-14(12)21-17/h3-9H,10-11,18H2,1-2H3. The summed E-state index contributed by atoms with van der Waals surface area (Å²) in [5, 5.41) is 0. The SMILES string of the molecule is COc1cccc(C2(CN)Cc3ccccc3O2)c1OC. The molecule has 2 aromatic carbocycles. The third kappa shape index (κ3) is 2.12. The topological polar surface area (TPSA) is 53.7 Å². The van der Waals surface area contributed by atoms with Crippen LogP contribution in [0.15, 0.2) is 42.5 Å². The lowest BCUT2D eigenvalue weighted by molar-refractivity contribution is 0.0988. The van der Waals surface area contributed by atoms with E-state index in [1.54, 1.807) is 14.2 Å². The zero-order valence-corrected chi connectivity index (χ0v) is 12.3. The van der Waals surface area contributed by atoms with Crippen molar-refractivity contribution in [2.24, 2.45) is 5.73 Å². The largest absolute Gasteiger partial charge is 0.493 e. The van der Waals surface area contributed by atoms with Crippen molar-refractivity contribution in [2.75, 3.05) is 20.8 Å². The Kier molecular flexibility index (Phi) is 3.47. The Bertz CT molecular complexity index is 629. The Hall–Kier alpha value is -2.20. The molecule has 1 heterocycles. The Balaban J connectivity index is 2.11. The summed E-state index contributed by atoms with van der Waals surface area (Å²) in [5.41, 5.74) is 7.55. The third-order valence-electron chi connectivity index (χ3n) is 3.98. The summed E-state index contributed by atoms with van der Waals surface area (Å²) in [6.45, 7) is 0.366. The molecule has 4 heteroatoms. The fraction of sp³-hybridized carbons (Fsp3) is 0.294. The lowest BCUT2D eigenvalue weighted by atomic mass is 9.88. The summed E-state index contributed by atoms with van der Waals surface area (Å²) in [6, 6.07) is 13.8. The molecule has 110 valence electrons. The van der Waals surface area contributed by atoms with Crippen LogP contribution in [0.3, 0.4) is 0 Å². The van der Waals surface area contributed by atoms with Gasteiger partial charge in [-0.25, -0.2) is 0 Å². The van der Waals surface area contributed by atoms with Gasteiger partial charge in [0.25, 0.3) is 0 Å². The van der Waals surface area contributed by atoms with Gasteiger partial charge in [0.2, 0.25) is 0 Å². The van der Waals surface area contributed by atoms with Crippen LogP contribution >= 0.6 is 0 Å². The summed E-state index contributed by atoms with van der Waals surface area (Å²) < 4.78 is 17.1. The van der Waals surface area contributed by atoms with E-state index in [2.05, 4.69) is 6.07 Å². The van der Waals surface area contributed by atoms with Crippen LogP contribution in [0.1, 0.15) is 11.1 Å². The summed E-state index contributed by atoms with van der Waals surface area (Å²) in [6.07, 6.45) is 0.725. The molecule has 1 aliphatic heterocycles. The number of nitrogens with two attached hydrogens (primary N) is 1. The van der Waals surface area contributed by atoms with Gasteiger partial charge in [-0.3, -0.25) is 0 Å². The van der Waals surface area contributed by atoms with Crippen LogP contribution in [0, 0.1) is 0 Å². The zero-order chi connectivity index (χ0) is 14.9. The maximum absolute atomic E-state index is 6.21. The number of methoxy groups -OCH3 is 2. The second-order valence-corrected chi connectivity index (χ2v) is 5.13. The first-order chi connectivity index (χ1) is 10.2. The predicted octanol–water partition coefficient (Wildman–Crippen LogP) is 2.49. The number of para-hydroxylation sites is 2. The summed E-state index contributed by atoms with van der Waals surface area (Å²) in [4.78, 5) is 0. The zero-order valence-electron chi connectivity index (χ0n) is 12.3. The lowest BCUT2D eigenvalue weighted by Crippen LogP contribution is -2.40. The first-order valence-corrected chi connectivity index (χ1v) is 6.92. The van der Waals surface area contributed by atoms with Crippen molar-refractivity contribution < 1.29 is 14.2 Å². The highest BCUT2D eigenvalue weighted by Crippen LogP contribution is 2.46. The molecule has 1 atom stereocenters. The molecule has 1 aliphatic rings. The smallest absolute Gasteiger partial charge is 0.167 e. The second kappa shape index (κ2) is 5.30. The number of benzene rings is 2. The van der Waals surface area contributed by atoms with Crippen LogP contribution in [-0.4, -0.2) is 20.8 Å². The molecule has 0 spiro atoms. The molecular weight excluding hydrogens is 266 g/mol. The van der Waals surface area contributed by atoms with Gasteiger partial charge in [0, 0.05) is 18.5 Å². The highest BCUT2D eigenvalue weighted by molar-refractivity contribution is 5.53. The minimum atomic E-state index is -0.608. The van der Waals surface area contributed by atoms with E-state index in [0.717, 1.165) is 23.3 Å². The van der Waals surface area contributed by atoms with E-state index >= 15 is 0 Å². The van der Waals surface area contributed by atoms with Crippen LogP contribution in [-0.2, 0) is 12.0 Å².